The van der Waals surface area contributed by atoms with Crippen LogP contribution in [0.5, 0.6) is 0 Å². The second-order valence-electron chi connectivity index (χ2n) is 7.75. The topological polar surface area (TPSA) is 45.6 Å². The first-order valence-electron chi connectivity index (χ1n) is 9.59. The summed E-state index contributed by atoms with van der Waals surface area (Å²) in [6.07, 6.45) is 7.05. The number of amides is 1. The molecular weight excluding hydrogens is 334 g/mol. The molecule has 1 amide bonds. The number of nitrogens with zero attached hydrogens (tertiary/aromatic N) is 3. The molecule has 1 atom stereocenters. The van der Waals surface area contributed by atoms with Gasteiger partial charge in [0.15, 0.2) is 5.82 Å². The van der Waals surface area contributed by atoms with E-state index in [1.165, 1.54) is 32.8 Å². The van der Waals surface area contributed by atoms with E-state index in [-0.39, 0.29) is 5.91 Å². The molecule has 0 bridgehead atoms. The smallest absolute Gasteiger partial charge is 0.252 e. The summed E-state index contributed by atoms with van der Waals surface area (Å²) in [7, 11) is 0. The average Bonchev–Trinajstić information content (AvgIpc) is 2.79. The average molecular weight is 359 g/mol. The highest BCUT2D eigenvalue weighted by Gasteiger charge is 2.28. The normalized spacial score (nSPS) is 19.9. The minimum absolute atomic E-state index is 0.000633. The number of rotatable bonds is 2. The molecular formula is C23H25N3O. The van der Waals surface area contributed by atoms with Crippen LogP contribution in [0.1, 0.15) is 53.9 Å². The molecule has 1 aromatic carbocycles. The number of allylic oxidation sites excluding steroid dienone is 1. The molecule has 0 N–H and O–H groups in total. The third kappa shape index (κ3) is 3.57. The summed E-state index contributed by atoms with van der Waals surface area (Å²) < 4.78 is 0. The quantitative estimate of drug-likeness (QED) is 0.758. The number of carbonyl (C=O) groups excluding carboxylic acids is 1. The lowest BCUT2D eigenvalue weighted by Gasteiger charge is -2.26. The molecule has 27 heavy (non-hydrogen) atoms. The molecule has 4 nitrogen and oxygen atoms in total. The van der Waals surface area contributed by atoms with Gasteiger partial charge in [-0.1, -0.05) is 29.3 Å². The summed E-state index contributed by atoms with van der Waals surface area (Å²) in [6.45, 7) is 6.33. The summed E-state index contributed by atoms with van der Waals surface area (Å²) >= 11 is 0. The highest BCUT2D eigenvalue weighted by Crippen LogP contribution is 2.39. The highest BCUT2D eigenvalue weighted by molar-refractivity contribution is 5.98. The lowest BCUT2D eigenvalue weighted by Crippen LogP contribution is -2.25. The Bertz CT molecular complexity index is 958. The maximum absolute atomic E-state index is 12.8. The Morgan fingerprint density at radius 2 is 1.89 bits per heavy atom. The zero-order valence-corrected chi connectivity index (χ0v) is 16.2. The van der Waals surface area contributed by atoms with Crippen LogP contribution in [-0.4, -0.2) is 17.1 Å². The van der Waals surface area contributed by atoms with Crippen molar-refractivity contribution in [2.75, 3.05) is 5.01 Å². The maximum atomic E-state index is 12.8. The molecule has 0 fully saturated rings. The number of hydrogen-bond donors (Lipinski definition) is 0. The van der Waals surface area contributed by atoms with E-state index in [1.54, 1.807) is 6.20 Å². The van der Waals surface area contributed by atoms with Gasteiger partial charge < -0.3 is 0 Å². The molecule has 4 rings (SSSR count). The van der Waals surface area contributed by atoms with Gasteiger partial charge in [-0.25, -0.2) is 4.98 Å². The first kappa shape index (κ1) is 17.7. The van der Waals surface area contributed by atoms with Crippen LogP contribution >= 0.6 is 0 Å². The molecule has 0 spiro atoms. The van der Waals surface area contributed by atoms with Crippen LogP contribution in [0.4, 0.5) is 5.82 Å². The van der Waals surface area contributed by atoms with Gasteiger partial charge in [0.25, 0.3) is 5.91 Å². The van der Waals surface area contributed by atoms with E-state index in [4.69, 9.17) is 0 Å². The number of aryl methyl sites for hydroxylation is 3. The minimum atomic E-state index is -0.000633. The Kier molecular flexibility index (Phi) is 4.65. The number of carbonyl (C=O) groups is 1. The van der Waals surface area contributed by atoms with Crippen molar-refractivity contribution in [1.29, 1.82) is 0 Å². The largest absolute Gasteiger partial charge is 0.272 e. The van der Waals surface area contributed by atoms with Gasteiger partial charge in [-0.05, 0) is 80.3 Å². The summed E-state index contributed by atoms with van der Waals surface area (Å²) in [4.78, 5) is 17.1. The van der Waals surface area contributed by atoms with Crippen molar-refractivity contribution in [1.82, 2.24) is 4.98 Å². The minimum Gasteiger partial charge on any atom is -0.272 e. The van der Waals surface area contributed by atoms with E-state index in [0.717, 1.165) is 24.8 Å². The SMILES string of the molecule is Cc1ccnc(N2N=CC3=C(CCC(c4ccc(C)cc4C)C3)CC2=O)c1. The van der Waals surface area contributed by atoms with E-state index in [2.05, 4.69) is 42.1 Å². The predicted molar refractivity (Wildman–Crippen MR) is 109 cm³/mol. The highest BCUT2D eigenvalue weighted by atomic mass is 16.2. The third-order valence-corrected chi connectivity index (χ3v) is 5.63. The summed E-state index contributed by atoms with van der Waals surface area (Å²) in [5.41, 5.74) is 7.61. The van der Waals surface area contributed by atoms with Gasteiger partial charge in [0.05, 0.1) is 12.6 Å². The van der Waals surface area contributed by atoms with Crippen molar-refractivity contribution in [3.63, 3.8) is 0 Å². The zero-order chi connectivity index (χ0) is 19.0. The Balaban J connectivity index is 1.60. The van der Waals surface area contributed by atoms with Gasteiger partial charge >= 0.3 is 0 Å². The molecule has 1 aliphatic carbocycles. The first-order valence-corrected chi connectivity index (χ1v) is 9.59. The van der Waals surface area contributed by atoms with Crippen molar-refractivity contribution >= 4 is 17.9 Å². The first-order chi connectivity index (χ1) is 13.0. The molecule has 1 aliphatic heterocycles. The summed E-state index contributed by atoms with van der Waals surface area (Å²) in [5, 5.41) is 5.96. The van der Waals surface area contributed by atoms with Crippen LogP contribution in [0.3, 0.4) is 0 Å². The van der Waals surface area contributed by atoms with Crippen LogP contribution in [0, 0.1) is 20.8 Å². The Hall–Kier alpha value is -2.75. The van der Waals surface area contributed by atoms with Crippen molar-refractivity contribution in [3.8, 4) is 0 Å². The third-order valence-electron chi connectivity index (χ3n) is 5.63. The van der Waals surface area contributed by atoms with Gasteiger partial charge in [0.1, 0.15) is 0 Å². The van der Waals surface area contributed by atoms with Gasteiger partial charge in [0, 0.05) is 6.20 Å². The van der Waals surface area contributed by atoms with Crippen molar-refractivity contribution in [2.24, 2.45) is 5.10 Å². The molecule has 4 heteroatoms. The Labute approximate surface area is 160 Å². The van der Waals surface area contributed by atoms with E-state index in [0.29, 0.717) is 18.2 Å². The van der Waals surface area contributed by atoms with Gasteiger partial charge in [-0.2, -0.15) is 10.1 Å². The molecule has 0 radical (unpaired) electrons. The molecule has 0 saturated carbocycles. The monoisotopic (exact) mass is 359 g/mol. The number of hydrogen-bond acceptors (Lipinski definition) is 3. The molecule has 2 aromatic rings. The van der Waals surface area contributed by atoms with Crippen LogP contribution in [0.15, 0.2) is 52.8 Å². The molecule has 0 saturated heterocycles. The van der Waals surface area contributed by atoms with Crippen molar-refractivity contribution in [2.45, 2.75) is 52.4 Å². The summed E-state index contributed by atoms with van der Waals surface area (Å²) in [5.74, 6) is 1.09. The lowest BCUT2D eigenvalue weighted by atomic mass is 9.78. The molecule has 138 valence electrons. The second-order valence-corrected chi connectivity index (χ2v) is 7.75. The van der Waals surface area contributed by atoms with Crippen molar-refractivity contribution < 1.29 is 4.79 Å². The maximum Gasteiger partial charge on any atom is 0.252 e. The predicted octanol–water partition coefficient (Wildman–Crippen LogP) is 4.99. The number of hydrazone groups is 1. The van der Waals surface area contributed by atoms with Gasteiger partial charge in [-0.3, -0.25) is 4.79 Å². The zero-order valence-electron chi connectivity index (χ0n) is 16.2. The Morgan fingerprint density at radius 1 is 1.07 bits per heavy atom. The fourth-order valence-corrected chi connectivity index (χ4v) is 4.19. The molecule has 2 heterocycles. The van der Waals surface area contributed by atoms with Crippen molar-refractivity contribution in [3.05, 3.63) is 69.9 Å². The van der Waals surface area contributed by atoms with Gasteiger partial charge in [-0.15, -0.1) is 0 Å². The van der Waals surface area contributed by atoms with E-state index < -0.39 is 0 Å². The summed E-state index contributed by atoms with van der Waals surface area (Å²) in [6, 6.07) is 10.5. The van der Waals surface area contributed by atoms with Crippen LogP contribution < -0.4 is 5.01 Å². The molecule has 1 unspecified atom stereocenters. The second kappa shape index (κ2) is 7.10. The van der Waals surface area contributed by atoms with E-state index >= 15 is 0 Å². The van der Waals surface area contributed by atoms with E-state index in [1.807, 2.05) is 25.3 Å². The molecule has 1 aromatic heterocycles. The lowest BCUT2D eigenvalue weighted by molar-refractivity contribution is -0.118. The van der Waals surface area contributed by atoms with Crippen LogP contribution in [-0.2, 0) is 4.79 Å². The standard InChI is InChI=1S/C23H25N3O/c1-15-4-7-21(17(3)10-15)19-6-5-18-13-23(27)26(25-14-20(18)12-19)22-11-16(2)8-9-24-22/h4,7-11,14,19H,5-6,12-13H2,1-3H3. The number of aromatic nitrogens is 1. The molecule has 2 aliphatic rings. The Morgan fingerprint density at radius 3 is 2.67 bits per heavy atom. The van der Waals surface area contributed by atoms with Crippen LogP contribution in [0.25, 0.3) is 0 Å². The number of benzene rings is 1. The van der Waals surface area contributed by atoms with Crippen LogP contribution in [0.2, 0.25) is 0 Å². The van der Waals surface area contributed by atoms with E-state index in [9.17, 15) is 4.79 Å². The number of anilines is 1. The van der Waals surface area contributed by atoms with Gasteiger partial charge in [0.2, 0.25) is 0 Å². The fourth-order valence-electron chi connectivity index (χ4n) is 4.19. The fraction of sp³-hybridized carbons (Fsp3) is 0.348. The number of pyridine rings is 1.